The van der Waals surface area contributed by atoms with Gasteiger partial charge in [-0.25, -0.2) is 9.37 Å². The second kappa shape index (κ2) is 12.9. The molecule has 33 heavy (non-hydrogen) atoms. The Labute approximate surface area is 199 Å². The zero-order valence-electron chi connectivity index (χ0n) is 19.1. The van der Waals surface area contributed by atoms with Crippen LogP contribution in [-0.2, 0) is 4.79 Å². The average molecular weight is 478 g/mol. The van der Waals surface area contributed by atoms with Gasteiger partial charge in [0.2, 0.25) is 11.7 Å². The van der Waals surface area contributed by atoms with Crippen molar-refractivity contribution < 1.29 is 18.3 Å². The molecule has 2 aromatic rings. The third-order valence-electron chi connectivity index (χ3n) is 6.72. The van der Waals surface area contributed by atoms with Gasteiger partial charge in [-0.3, -0.25) is 9.93 Å². The number of nitrogens with two attached hydrogens (primary N) is 1. The standard InChI is InChI=1S/C18H27N3OS.C7H6F2O/c19-23-17-12-16(10-11-20-17)21-18(22)15-8-6-14(7-9-15)13-4-2-1-3-5-13;1-10-6-4-2-3-5(8)7(6)9/h10-15H,1-9,19H2,(H,20,21,22);2-4H,1H3. The molecule has 0 radical (unpaired) electrons. The summed E-state index contributed by atoms with van der Waals surface area (Å²) in [5.74, 6) is 0.213. The van der Waals surface area contributed by atoms with Crippen LogP contribution < -0.4 is 15.2 Å². The van der Waals surface area contributed by atoms with Crippen molar-refractivity contribution in [3.8, 4) is 5.75 Å². The molecule has 3 N–H and O–H groups in total. The second-order valence-electron chi connectivity index (χ2n) is 8.76. The Morgan fingerprint density at radius 3 is 2.39 bits per heavy atom. The molecule has 0 unspecified atom stereocenters. The van der Waals surface area contributed by atoms with Gasteiger partial charge in [0.1, 0.15) is 5.03 Å². The molecule has 1 amide bonds. The first-order valence-electron chi connectivity index (χ1n) is 11.6. The first kappa shape index (κ1) is 25.4. The Balaban J connectivity index is 0.000000257. The van der Waals surface area contributed by atoms with Crippen LogP contribution in [0.5, 0.6) is 5.75 Å². The zero-order chi connectivity index (χ0) is 23.6. The van der Waals surface area contributed by atoms with Gasteiger partial charge in [-0.15, -0.1) is 0 Å². The molecular formula is C25H33F2N3O2S. The van der Waals surface area contributed by atoms with Crippen LogP contribution in [-0.4, -0.2) is 18.0 Å². The smallest absolute Gasteiger partial charge is 0.227 e. The number of hydrogen-bond acceptors (Lipinski definition) is 5. The SMILES string of the molecule is COc1cccc(F)c1F.NSc1cc(NC(=O)C2CCC(C3CCCCC3)CC2)ccn1. The van der Waals surface area contributed by atoms with Crippen molar-refractivity contribution in [1.29, 1.82) is 0 Å². The van der Waals surface area contributed by atoms with E-state index < -0.39 is 11.6 Å². The maximum absolute atomic E-state index is 12.5. The number of nitrogens with zero attached hydrogens (tertiary/aromatic N) is 1. The van der Waals surface area contributed by atoms with Gasteiger partial charge in [-0.05, 0) is 73.7 Å². The molecule has 2 aliphatic carbocycles. The lowest BCUT2D eigenvalue weighted by atomic mass is 9.71. The summed E-state index contributed by atoms with van der Waals surface area (Å²) in [5.41, 5.74) is 0.798. The molecule has 1 aromatic carbocycles. The summed E-state index contributed by atoms with van der Waals surface area (Å²) in [7, 11) is 1.29. The number of amides is 1. The zero-order valence-corrected chi connectivity index (χ0v) is 19.9. The molecule has 2 saturated carbocycles. The molecule has 0 bridgehead atoms. The summed E-state index contributed by atoms with van der Waals surface area (Å²) in [4.78, 5) is 16.6. The predicted octanol–water partition coefficient (Wildman–Crippen LogP) is 6.35. The van der Waals surface area contributed by atoms with Crippen LogP contribution >= 0.6 is 11.9 Å². The molecule has 4 rings (SSSR count). The lowest BCUT2D eigenvalue weighted by molar-refractivity contribution is -0.121. The molecule has 0 spiro atoms. The Bertz CT molecular complexity index is 901. The van der Waals surface area contributed by atoms with Gasteiger partial charge >= 0.3 is 0 Å². The summed E-state index contributed by atoms with van der Waals surface area (Å²) in [6, 6.07) is 7.44. The Morgan fingerprint density at radius 1 is 1.06 bits per heavy atom. The molecule has 0 aliphatic heterocycles. The maximum atomic E-state index is 12.5. The van der Waals surface area contributed by atoms with Crippen LogP contribution in [0.25, 0.3) is 0 Å². The van der Waals surface area contributed by atoms with Crippen LogP contribution in [0.4, 0.5) is 14.5 Å². The Morgan fingerprint density at radius 2 is 1.76 bits per heavy atom. The van der Waals surface area contributed by atoms with Crippen molar-refractivity contribution in [3.63, 3.8) is 0 Å². The molecule has 8 heteroatoms. The monoisotopic (exact) mass is 477 g/mol. The summed E-state index contributed by atoms with van der Waals surface area (Å²) >= 11 is 1.10. The molecule has 1 aromatic heterocycles. The van der Waals surface area contributed by atoms with Crippen LogP contribution in [0.3, 0.4) is 0 Å². The Kier molecular flexibility index (Phi) is 9.94. The van der Waals surface area contributed by atoms with Crippen molar-refractivity contribution in [2.45, 2.75) is 62.8 Å². The fraction of sp³-hybridized carbons (Fsp3) is 0.520. The lowest BCUT2D eigenvalue weighted by Gasteiger charge is -2.35. The van der Waals surface area contributed by atoms with Gasteiger partial charge < -0.3 is 10.1 Å². The van der Waals surface area contributed by atoms with Crippen LogP contribution in [0.1, 0.15) is 57.8 Å². The van der Waals surface area contributed by atoms with Crippen molar-refractivity contribution in [1.82, 2.24) is 4.98 Å². The number of aromatic nitrogens is 1. The van der Waals surface area contributed by atoms with Gasteiger partial charge in [-0.2, -0.15) is 4.39 Å². The maximum Gasteiger partial charge on any atom is 0.227 e. The highest BCUT2D eigenvalue weighted by Crippen LogP contribution is 2.40. The summed E-state index contributed by atoms with van der Waals surface area (Å²) in [5, 5.41) is 9.28. The molecular weight excluding hydrogens is 444 g/mol. The quantitative estimate of drug-likeness (QED) is 0.491. The number of benzene rings is 1. The van der Waals surface area contributed by atoms with Gasteiger partial charge in [0, 0.05) is 17.8 Å². The molecule has 2 fully saturated rings. The van der Waals surface area contributed by atoms with Gasteiger partial charge in [0.05, 0.1) is 7.11 Å². The van der Waals surface area contributed by atoms with Crippen molar-refractivity contribution in [3.05, 3.63) is 48.2 Å². The highest BCUT2D eigenvalue weighted by molar-refractivity contribution is 7.97. The lowest BCUT2D eigenvalue weighted by Crippen LogP contribution is -2.30. The minimum Gasteiger partial charge on any atom is -0.494 e. The van der Waals surface area contributed by atoms with Crippen LogP contribution in [0.15, 0.2) is 41.6 Å². The van der Waals surface area contributed by atoms with Gasteiger partial charge in [-0.1, -0.05) is 38.2 Å². The van der Waals surface area contributed by atoms with Crippen molar-refractivity contribution >= 4 is 23.5 Å². The number of pyridine rings is 1. The van der Waals surface area contributed by atoms with E-state index in [9.17, 15) is 13.6 Å². The first-order chi connectivity index (χ1) is 16.0. The number of hydrogen-bond donors (Lipinski definition) is 2. The summed E-state index contributed by atoms with van der Waals surface area (Å²) in [6.07, 6.45) is 13.3. The minimum atomic E-state index is -0.940. The number of carbonyl (C=O) groups is 1. The van der Waals surface area contributed by atoms with Gasteiger partial charge in [0.25, 0.3) is 0 Å². The molecule has 5 nitrogen and oxygen atoms in total. The van der Waals surface area contributed by atoms with E-state index in [1.165, 1.54) is 64.2 Å². The number of methoxy groups -OCH3 is 1. The fourth-order valence-corrected chi connectivity index (χ4v) is 5.21. The second-order valence-corrected chi connectivity index (χ2v) is 9.41. The van der Waals surface area contributed by atoms with E-state index in [1.807, 2.05) is 12.1 Å². The molecule has 0 atom stereocenters. The molecule has 0 saturated heterocycles. The largest absolute Gasteiger partial charge is 0.494 e. The molecule has 2 aliphatic rings. The van der Waals surface area contributed by atoms with Crippen molar-refractivity contribution in [2.75, 3.05) is 12.4 Å². The van der Waals surface area contributed by atoms with E-state index in [1.54, 1.807) is 6.20 Å². The number of anilines is 1. The number of carbonyl (C=O) groups excluding carboxylic acids is 1. The number of ether oxygens (including phenoxy) is 1. The van der Waals surface area contributed by atoms with Crippen molar-refractivity contribution in [2.24, 2.45) is 22.9 Å². The minimum absolute atomic E-state index is 0.0694. The highest BCUT2D eigenvalue weighted by atomic mass is 32.2. The normalized spacial score (nSPS) is 21.0. The number of nitrogens with one attached hydrogen (secondary N) is 1. The van der Waals surface area contributed by atoms with E-state index >= 15 is 0 Å². The average Bonchev–Trinajstić information content (AvgIpc) is 2.87. The number of rotatable bonds is 5. The van der Waals surface area contributed by atoms with E-state index in [4.69, 9.17) is 5.14 Å². The van der Waals surface area contributed by atoms with E-state index in [2.05, 4.69) is 15.0 Å². The third kappa shape index (κ3) is 7.40. The molecule has 180 valence electrons. The predicted molar refractivity (Wildman–Crippen MR) is 128 cm³/mol. The third-order valence-corrected chi connectivity index (χ3v) is 7.18. The molecule has 1 heterocycles. The topological polar surface area (TPSA) is 77.2 Å². The Hall–Kier alpha value is -2.19. The summed E-state index contributed by atoms with van der Waals surface area (Å²) in [6.45, 7) is 0. The summed E-state index contributed by atoms with van der Waals surface area (Å²) < 4.78 is 29.3. The number of halogens is 2. The van der Waals surface area contributed by atoms with Crippen LogP contribution in [0, 0.1) is 29.4 Å². The fourth-order valence-electron chi connectivity index (χ4n) is 4.90. The van der Waals surface area contributed by atoms with Crippen LogP contribution in [0.2, 0.25) is 0 Å². The van der Waals surface area contributed by atoms with E-state index in [0.717, 1.165) is 53.4 Å². The highest BCUT2D eigenvalue weighted by Gasteiger charge is 2.31. The van der Waals surface area contributed by atoms with E-state index in [-0.39, 0.29) is 17.6 Å². The van der Waals surface area contributed by atoms with Gasteiger partial charge in [0.15, 0.2) is 11.6 Å². The first-order valence-corrected chi connectivity index (χ1v) is 12.5. The van der Waals surface area contributed by atoms with E-state index in [0.29, 0.717) is 0 Å².